The molecule has 0 amide bonds. The van der Waals surface area contributed by atoms with Crippen LogP contribution in [0.2, 0.25) is 0 Å². The van der Waals surface area contributed by atoms with Gasteiger partial charge in [0.15, 0.2) is 0 Å². The quantitative estimate of drug-likeness (QED) is 0.817. The Labute approximate surface area is 111 Å². The lowest BCUT2D eigenvalue weighted by atomic mass is 9.79. The third-order valence-corrected chi connectivity index (χ3v) is 2.73. The van der Waals surface area contributed by atoms with Gasteiger partial charge in [-0.15, -0.1) is 0 Å². The molecule has 0 heterocycles. The molecule has 2 rings (SSSR count). The molecular weight excluding hydrogens is 246 g/mol. The van der Waals surface area contributed by atoms with Gasteiger partial charge in [0.05, 0.1) is 0 Å². The van der Waals surface area contributed by atoms with Gasteiger partial charge in [-0.3, -0.25) is 0 Å². The molecule has 0 aliphatic rings. The monoisotopic (exact) mass is 260 g/mol. The van der Waals surface area contributed by atoms with Crippen LogP contribution in [0, 0.1) is 12.7 Å². The van der Waals surface area contributed by atoms with Gasteiger partial charge in [0.2, 0.25) is 0 Å². The van der Waals surface area contributed by atoms with E-state index < -0.39 is 7.12 Å². The van der Waals surface area contributed by atoms with E-state index in [-0.39, 0.29) is 12.4 Å². The first-order valence-electron chi connectivity index (χ1n) is 5.90. The first-order valence-corrected chi connectivity index (χ1v) is 5.90. The second-order valence-corrected chi connectivity index (χ2v) is 4.33. The molecule has 2 N–H and O–H groups in total. The number of hydrogen-bond donors (Lipinski definition) is 2. The van der Waals surface area contributed by atoms with Gasteiger partial charge < -0.3 is 14.8 Å². The summed E-state index contributed by atoms with van der Waals surface area (Å²) in [6.07, 6.45) is 0. The Balaban J connectivity index is 2.15. The second-order valence-electron chi connectivity index (χ2n) is 4.33. The number of aryl methyl sites for hydroxylation is 1. The van der Waals surface area contributed by atoms with Crippen LogP contribution in [0.5, 0.6) is 5.75 Å². The summed E-state index contributed by atoms with van der Waals surface area (Å²) in [6, 6.07) is 11.2. The van der Waals surface area contributed by atoms with E-state index in [1.165, 1.54) is 12.1 Å². The Kier molecular flexibility index (Phi) is 4.19. The Morgan fingerprint density at radius 1 is 1.16 bits per heavy atom. The van der Waals surface area contributed by atoms with Crippen molar-refractivity contribution in [2.45, 2.75) is 13.5 Å². The molecule has 0 spiro atoms. The first-order chi connectivity index (χ1) is 9.06. The van der Waals surface area contributed by atoms with E-state index in [0.717, 1.165) is 5.56 Å². The van der Waals surface area contributed by atoms with Crippen LogP contribution < -0.4 is 10.2 Å². The van der Waals surface area contributed by atoms with Crippen LogP contribution in [0.4, 0.5) is 4.39 Å². The molecule has 0 aromatic heterocycles. The molecule has 0 unspecified atom stereocenters. The van der Waals surface area contributed by atoms with Crippen molar-refractivity contribution in [1.29, 1.82) is 0 Å². The number of hydrogen-bond acceptors (Lipinski definition) is 3. The smallest absolute Gasteiger partial charge is 0.489 e. The Hall–Kier alpha value is -1.85. The molecule has 0 aliphatic heterocycles. The first kappa shape index (κ1) is 13.6. The second kappa shape index (κ2) is 5.86. The van der Waals surface area contributed by atoms with Crippen molar-refractivity contribution in [2.24, 2.45) is 0 Å². The van der Waals surface area contributed by atoms with E-state index in [1.54, 1.807) is 24.3 Å². The van der Waals surface area contributed by atoms with E-state index in [4.69, 9.17) is 4.74 Å². The van der Waals surface area contributed by atoms with Crippen molar-refractivity contribution >= 4 is 12.6 Å². The summed E-state index contributed by atoms with van der Waals surface area (Å²) in [5.74, 6) is 0.0530. The lowest BCUT2D eigenvalue weighted by Gasteiger charge is -2.12. The zero-order valence-corrected chi connectivity index (χ0v) is 10.5. The van der Waals surface area contributed by atoms with Gasteiger partial charge >= 0.3 is 7.12 Å². The van der Waals surface area contributed by atoms with Crippen LogP contribution in [0.15, 0.2) is 42.5 Å². The van der Waals surface area contributed by atoms with Gasteiger partial charge in [0.25, 0.3) is 0 Å². The number of ether oxygens (including phenoxy) is 1. The molecule has 5 heteroatoms. The van der Waals surface area contributed by atoms with Crippen LogP contribution in [0.25, 0.3) is 0 Å². The minimum atomic E-state index is -1.59. The van der Waals surface area contributed by atoms with Crippen LogP contribution >= 0.6 is 0 Å². The normalized spacial score (nSPS) is 10.3. The SMILES string of the molecule is Cc1ccc(OCc2cccc(F)c2)c(B(O)O)c1. The number of halogens is 1. The predicted molar refractivity (Wildman–Crippen MR) is 71.7 cm³/mol. The zero-order chi connectivity index (χ0) is 13.8. The van der Waals surface area contributed by atoms with Gasteiger partial charge in [-0.05, 0) is 30.7 Å². The van der Waals surface area contributed by atoms with Gasteiger partial charge in [-0.1, -0.05) is 29.8 Å². The van der Waals surface area contributed by atoms with Gasteiger partial charge in [-0.2, -0.15) is 0 Å². The van der Waals surface area contributed by atoms with E-state index in [2.05, 4.69) is 0 Å². The lowest BCUT2D eigenvalue weighted by molar-refractivity contribution is 0.306. The van der Waals surface area contributed by atoms with Crippen molar-refractivity contribution in [1.82, 2.24) is 0 Å². The van der Waals surface area contributed by atoms with E-state index in [9.17, 15) is 14.4 Å². The molecule has 0 aliphatic carbocycles. The van der Waals surface area contributed by atoms with Gasteiger partial charge in [0, 0.05) is 5.46 Å². The molecule has 0 radical (unpaired) electrons. The standard InChI is InChI=1S/C14H14BFO3/c1-10-5-6-14(13(7-10)15(17)18)19-9-11-3-2-4-12(16)8-11/h2-8,17-18H,9H2,1H3. The van der Waals surface area contributed by atoms with Crippen molar-refractivity contribution in [2.75, 3.05) is 0 Å². The molecule has 2 aromatic rings. The largest absolute Gasteiger partial charge is 0.492 e. The molecule has 3 nitrogen and oxygen atoms in total. The van der Waals surface area contributed by atoms with Crippen molar-refractivity contribution in [3.8, 4) is 5.75 Å². The molecule has 2 aromatic carbocycles. The molecule has 0 bridgehead atoms. The van der Waals surface area contributed by atoms with E-state index in [1.807, 2.05) is 13.0 Å². The maximum Gasteiger partial charge on any atom is 0.492 e. The van der Waals surface area contributed by atoms with Crippen LogP contribution in [0.1, 0.15) is 11.1 Å². The molecule has 19 heavy (non-hydrogen) atoms. The fourth-order valence-corrected chi connectivity index (χ4v) is 1.79. The van der Waals surface area contributed by atoms with Crippen LogP contribution in [-0.4, -0.2) is 17.2 Å². The summed E-state index contributed by atoms with van der Waals surface area (Å²) >= 11 is 0. The fourth-order valence-electron chi connectivity index (χ4n) is 1.79. The molecular formula is C14H14BFO3. The average molecular weight is 260 g/mol. The summed E-state index contributed by atoms with van der Waals surface area (Å²) in [5.41, 5.74) is 1.89. The third-order valence-electron chi connectivity index (χ3n) is 2.73. The van der Waals surface area contributed by atoms with Gasteiger partial charge in [0.1, 0.15) is 18.2 Å². The minimum absolute atomic E-state index is 0.167. The predicted octanol–water partition coefficient (Wildman–Crippen LogP) is 1.39. The molecule has 0 fully saturated rings. The molecule has 0 saturated carbocycles. The summed E-state index contributed by atoms with van der Waals surface area (Å²) in [4.78, 5) is 0. The van der Waals surface area contributed by atoms with Gasteiger partial charge in [-0.25, -0.2) is 4.39 Å². The maximum absolute atomic E-state index is 13.0. The topological polar surface area (TPSA) is 49.7 Å². The maximum atomic E-state index is 13.0. The Morgan fingerprint density at radius 3 is 2.63 bits per heavy atom. The summed E-state index contributed by atoms with van der Waals surface area (Å²) in [7, 11) is -1.59. The highest BCUT2D eigenvalue weighted by molar-refractivity contribution is 6.59. The summed E-state index contributed by atoms with van der Waals surface area (Å²) < 4.78 is 18.5. The molecule has 0 saturated heterocycles. The zero-order valence-electron chi connectivity index (χ0n) is 10.5. The van der Waals surface area contributed by atoms with Crippen molar-refractivity contribution < 1.29 is 19.2 Å². The minimum Gasteiger partial charge on any atom is -0.489 e. The molecule has 0 atom stereocenters. The van der Waals surface area contributed by atoms with Crippen molar-refractivity contribution in [3.63, 3.8) is 0 Å². The highest BCUT2D eigenvalue weighted by Gasteiger charge is 2.17. The number of rotatable bonds is 4. The highest BCUT2D eigenvalue weighted by Crippen LogP contribution is 2.13. The summed E-state index contributed by atoms with van der Waals surface area (Å²) in [6.45, 7) is 2.02. The summed E-state index contributed by atoms with van der Waals surface area (Å²) in [5, 5.41) is 18.6. The molecule has 98 valence electrons. The highest BCUT2D eigenvalue weighted by atomic mass is 19.1. The fraction of sp³-hybridized carbons (Fsp3) is 0.143. The van der Waals surface area contributed by atoms with Crippen LogP contribution in [-0.2, 0) is 6.61 Å². The van der Waals surface area contributed by atoms with Crippen molar-refractivity contribution in [3.05, 3.63) is 59.4 Å². The Morgan fingerprint density at radius 2 is 1.95 bits per heavy atom. The van der Waals surface area contributed by atoms with E-state index in [0.29, 0.717) is 16.8 Å². The third kappa shape index (κ3) is 3.56. The van der Waals surface area contributed by atoms with E-state index >= 15 is 0 Å². The lowest BCUT2D eigenvalue weighted by Crippen LogP contribution is -2.31. The number of benzene rings is 2. The van der Waals surface area contributed by atoms with Crippen LogP contribution in [0.3, 0.4) is 0 Å². The Bertz CT molecular complexity index is 572. The average Bonchev–Trinajstić information content (AvgIpc) is 2.37.